The summed E-state index contributed by atoms with van der Waals surface area (Å²) < 4.78 is 5.07. The van der Waals surface area contributed by atoms with Crippen LogP contribution in [0.4, 0.5) is 0 Å². The predicted octanol–water partition coefficient (Wildman–Crippen LogP) is -0.540. The van der Waals surface area contributed by atoms with E-state index in [1.54, 1.807) is 12.1 Å². The van der Waals surface area contributed by atoms with Gasteiger partial charge in [0.15, 0.2) is 5.76 Å². The van der Waals surface area contributed by atoms with E-state index in [9.17, 15) is 4.79 Å². The Morgan fingerprint density at radius 3 is 2.92 bits per heavy atom. The molecule has 0 bridgehead atoms. The molecule has 0 saturated carbocycles. The van der Waals surface area contributed by atoms with E-state index in [2.05, 4.69) is 5.32 Å². The van der Waals surface area contributed by atoms with Gasteiger partial charge in [0.05, 0.1) is 13.2 Å². The first-order chi connectivity index (χ1) is 6.27. The van der Waals surface area contributed by atoms with Crippen molar-refractivity contribution in [1.82, 2.24) is 5.32 Å². The summed E-state index contributed by atoms with van der Waals surface area (Å²) in [6.45, 7) is 0.404. The topological polar surface area (TPSA) is 88.5 Å². The Hall–Kier alpha value is -1.33. The van der Waals surface area contributed by atoms with Crippen LogP contribution >= 0.6 is 0 Å². The summed E-state index contributed by atoms with van der Waals surface area (Å²) in [6, 6.07) is 3.20. The molecule has 0 aliphatic carbocycles. The van der Waals surface area contributed by atoms with Crippen molar-refractivity contribution in [3.05, 3.63) is 23.7 Å². The molecular weight excluding hydrogens is 172 g/mol. The van der Waals surface area contributed by atoms with Gasteiger partial charge in [0.25, 0.3) is 5.91 Å². The van der Waals surface area contributed by atoms with Crippen LogP contribution < -0.4 is 11.1 Å². The van der Waals surface area contributed by atoms with Crippen molar-refractivity contribution in [2.24, 2.45) is 5.73 Å². The van der Waals surface area contributed by atoms with Crippen molar-refractivity contribution in [2.45, 2.75) is 6.54 Å². The van der Waals surface area contributed by atoms with E-state index < -0.39 is 0 Å². The molecule has 1 aromatic rings. The van der Waals surface area contributed by atoms with E-state index in [4.69, 9.17) is 15.3 Å². The first-order valence-electron chi connectivity index (χ1n) is 3.95. The van der Waals surface area contributed by atoms with Crippen LogP contribution in [0.5, 0.6) is 0 Å². The fourth-order valence-electron chi connectivity index (χ4n) is 0.866. The molecule has 0 saturated heterocycles. The number of rotatable bonds is 4. The molecular formula is C8H12N2O3. The van der Waals surface area contributed by atoms with Gasteiger partial charge in [-0.05, 0) is 12.1 Å². The number of aliphatic hydroxyl groups is 1. The van der Waals surface area contributed by atoms with Crippen LogP contribution in [-0.2, 0) is 6.54 Å². The standard InChI is InChI=1S/C8H12N2O3/c9-5-6-1-2-7(13-6)8(12)10-3-4-11/h1-2,11H,3-5,9H2,(H,10,12). The van der Waals surface area contributed by atoms with Crippen LogP contribution in [-0.4, -0.2) is 24.2 Å². The highest BCUT2D eigenvalue weighted by atomic mass is 16.4. The molecule has 1 heterocycles. The Morgan fingerprint density at radius 1 is 1.62 bits per heavy atom. The molecule has 0 aliphatic rings. The van der Waals surface area contributed by atoms with Gasteiger partial charge in [0.2, 0.25) is 0 Å². The van der Waals surface area contributed by atoms with Crippen molar-refractivity contribution in [2.75, 3.05) is 13.2 Å². The molecule has 13 heavy (non-hydrogen) atoms. The van der Waals surface area contributed by atoms with E-state index in [1.807, 2.05) is 0 Å². The molecule has 5 nitrogen and oxygen atoms in total. The maximum Gasteiger partial charge on any atom is 0.287 e. The Bertz CT molecular complexity index is 283. The number of furan rings is 1. The maximum absolute atomic E-state index is 11.2. The van der Waals surface area contributed by atoms with Gasteiger partial charge in [-0.15, -0.1) is 0 Å². The molecule has 0 aromatic carbocycles. The largest absolute Gasteiger partial charge is 0.455 e. The fraction of sp³-hybridized carbons (Fsp3) is 0.375. The second-order valence-electron chi connectivity index (χ2n) is 2.45. The van der Waals surface area contributed by atoms with Crippen LogP contribution in [0.3, 0.4) is 0 Å². The van der Waals surface area contributed by atoms with Gasteiger partial charge in [-0.1, -0.05) is 0 Å². The molecule has 0 unspecified atom stereocenters. The number of amides is 1. The second-order valence-corrected chi connectivity index (χ2v) is 2.45. The molecule has 0 fully saturated rings. The summed E-state index contributed by atoms with van der Waals surface area (Å²) in [6.07, 6.45) is 0. The molecule has 1 aromatic heterocycles. The fourth-order valence-corrected chi connectivity index (χ4v) is 0.866. The number of nitrogens with one attached hydrogen (secondary N) is 1. The number of carbonyl (C=O) groups is 1. The van der Waals surface area contributed by atoms with Crippen LogP contribution in [0.2, 0.25) is 0 Å². The quantitative estimate of drug-likeness (QED) is 0.586. The lowest BCUT2D eigenvalue weighted by atomic mass is 10.4. The number of hydrogen-bond acceptors (Lipinski definition) is 4. The summed E-state index contributed by atoms with van der Waals surface area (Å²) in [7, 11) is 0. The third-order valence-corrected chi connectivity index (χ3v) is 1.48. The van der Waals surface area contributed by atoms with Crippen LogP contribution in [0.1, 0.15) is 16.3 Å². The third-order valence-electron chi connectivity index (χ3n) is 1.48. The summed E-state index contributed by atoms with van der Waals surface area (Å²) in [5, 5.41) is 10.9. The smallest absolute Gasteiger partial charge is 0.287 e. The minimum atomic E-state index is -0.339. The van der Waals surface area contributed by atoms with Crippen LogP contribution in [0.15, 0.2) is 16.5 Å². The van der Waals surface area contributed by atoms with Gasteiger partial charge < -0.3 is 20.6 Å². The lowest BCUT2D eigenvalue weighted by Gasteiger charge is -1.98. The Balaban J connectivity index is 2.55. The van der Waals surface area contributed by atoms with Gasteiger partial charge in [0, 0.05) is 6.54 Å². The number of aliphatic hydroxyl groups excluding tert-OH is 1. The second kappa shape index (κ2) is 4.64. The van der Waals surface area contributed by atoms with Crippen molar-refractivity contribution >= 4 is 5.91 Å². The monoisotopic (exact) mass is 184 g/mol. The average molecular weight is 184 g/mol. The van der Waals surface area contributed by atoms with E-state index in [0.717, 1.165) is 0 Å². The molecule has 0 spiro atoms. The van der Waals surface area contributed by atoms with E-state index in [-0.39, 0.29) is 31.4 Å². The molecule has 1 rings (SSSR count). The van der Waals surface area contributed by atoms with Gasteiger partial charge in [-0.2, -0.15) is 0 Å². The van der Waals surface area contributed by atoms with Crippen LogP contribution in [0, 0.1) is 0 Å². The Labute approximate surface area is 75.5 Å². The highest BCUT2D eigenvalue weighted by Crippen LogP contribution is 2.06. The van der Waals surface area contributed by atoms with Crippen LogP contribution in [0.25, 0.3) is 0 Å². The molecule has 72 valence electrons. The zero-order valence-electron chi connectivity index (χ0n) is 7.12. The number of nitrogens with two attached hydrogens (primary N) is 1. The summed E-state index contributed by atoms with van der Waals surface area (Å²) in [5.74, 6) is 0.441. The summed E-state index contributed by atoms with van der Waals surface area (Å²) in [4.78, 5) is 11.2. The van der Waals surface area contributed by atoms with E-state index in [1.165, 1.54) is 0 Å². The van der Waals surface area contributed by atoms with E-state index >= 15 is 0 Å². The van der Waals surface area contributed by atoms with Crippen molar-refractivity contribution in [1.29, 1.82) is 0 Å². The first kappa shape index (κ1) is 9.76. The number of carbonyl (C=O) groups excluding carboxylic acids is 1. The zero-order chi connectivity index (χ0) is 9.68. The minimum absolute atomic E-state index is 0.0871. The SMILES string of the molecule is NCc1ccc(C(=O)NCCO)o1. The first-order valence-corrected chi connectivity index (χ1v) is 3.95. The lowest BCUT2D eigenvalue weighted by Crippen LogP contribution is -2.25. The molecule has 1 amide bonds. The average Bonchev–Trinajstić information content (AvgIpc) is 2.62. The Kier molecular flexibility index (Phi) is 3.48. The molecule has 0 atom stereocenters. The van der Waals surface area contributed by atoms with E-state index in [0.29, 0.717) is 5.76 Å². The lowest BCUT2D eigenvalue weighted by molar-refractivity contribution is 0.0915. The minimum Gasteiger partial charge on any atom is -0.455 e. The van der Waals surface area contributed by atoms with Gasteiger partial charge in [-0.3, -0.25) is 4.79 Å². The summed E-state index contributed by atoms with van der Waals surface area (Å²) >= 11 is 0. The van der Waals surface area contributed by atoms with Gasteiger partial charge in [-0.25, -0.2) is 0 Å². The maximum atomic E-state index is 11.2. The third kappa shape index (κ3) is 2.57. The highest BCUT2D eigenvalue weighted by molar-refractivity contribution is 5.91. The Morgan fingerprint density at radius 2 is 2.38 bits per heavy atom. The van der Waals surface area contributed by atoms with Crippen molar-refractivity contribution in [3.63, 3.8) is 0 Å². The van der Waals surface area contributed by atoms with Crippen molar-refractivity contribution in [3.8, 4) is 0 Å². The predicted molar refractivity (Wildman–Crippen MR) is 46.0 cm³/mol. The van der Waals surface area contributed by atoms with Crippen molar-refractivity contribution < 1.29 is 14.3 Å². The zero-order valence-corrected chi connectivity index (χ0v) is 7.12. The molecule has 5 heteroatoms. The normalized spacial score (nSPS) is 10.0. The molecule has 4 N–H and O–H groups in total. The number of hydrogen-bond donors (Lipinski definition) is 3. The van der Waals surface area contributed by atoms with Gasteiger partial charge in [0.1, 0.15) is 5.76 Å². The highest BCUT2D eigenvalue weighted by Gasteiger charge is 2.08. The molecule has 0 aliphatic heterocycles. The molecule has 0 radical (unpaired) electrons. The summed E-state index contributed by atoms with van der Waals surface area (Å²) in [5.41, 5.74) is 5.30. The van der Waals surface area contributed by atoms with Gasteiger partial charge >= 0.3 is 0 Å².